The number of amides is 1. The van der Waals surface area contributed by atoms with Crippen molar-refractivity contribution in [2.45, 2.75) is 13.5 Å². The Morgan fingerprint density at radius 3 is 2.61 bits per heavy atom. The van der Waals surface area contributed by atoms with E-state index in [1.165, 1.54) is 0 Å². The van der Waals surface area contributed by atoms with Gasteiger partial charge in [0.1, 0.15) is 0 Å². The summed E-state index contributed by atoms with van der Waals surface area (Å²) in [7, 11) is 0. The van der Waals surface area contributed by atoms with E-state index in [4.69, 9.17) is 4.42 Å². The van der Waals surface area contributed by atoms with Crippen LogP contribution in [-0.2, 0) is 6.54 Å². The second kappa shape index (κ2) is 6.04. The van der Waals surface area contributed by atoms with E-state index in [1.807, 2.05) is 19.1 Å². The number of halogens is 2. The van der Waals surface area contributed by atoms with Crippen LogP contribution < -0.4 is 0 Å². The SMILES string of the molecule is CCN(Cc1ccc(Br)s1)C(=O)c1ccc(Br)o1. The molecule has 0 aliphatic heterocycles. The van der Waals surface area contributed by atoms with Gasteiger partial charge < -0.3 is 9.32 Å². The fourth-order valence-corrected chi connectivity index (χ4v) is 3.34. The van der Waals surface area contributed by atoms with Crippen LogP contribution in [0, 0.1) is 0 Å². The van der Waals surface area contributed by atoms with E-state index in [9.17, 15) is 4.79 Å². The lowest BCUT2D eigenvalue weighted by Gasteiger charge is -2.18. The highest BCUT2D eigenvalue weighted by Gasteiger charge is 2.18. The van der Waals surface area contributed by atoms with E-state index in [1.54, 1.807) is 28.4 Å². The summed E-state index contributed by atoms with van der Waals surface area (Å²) in [6, 6.07) is 7.41. The molecule has 0 aliphatic carbocycles. The lowest BCUT2D eigenvalue weighted by atomic mass is 10.3. The minimum atomic E-state index is -0.0901. The van der Waals surface area contributed by atoms with Crippen molar-refractivity contribution >= 4 is 49.1 Å². The van der Waals surface area contributed by atoms with Crippen molar-refractivity contribution in [1.29, 1.82) is 0 Å². The van der Waals surface area contributed by atoms with Crippen LogP contribution in [0.1, 0.15) is 22.4 Å². The first-order chi connectivity index (χ1) is 8.60. The molecule has 2 aromatic heterocycles. The van der Waals surface area contributed by atoms with Crippen LogP contribution in [-0.4, -0.2) is 17.4 Å². The molecule has 0 atom stereocenters. The molecule has 96 valence electrons. The molecule has 0 saturated carbocycles. The molecule has 0 bridgehead atoms. The predicted molar refractivity (Wildman–Crippen MR) is 78.8 cm³/mol. The smallest absolute Gasteiger partial charge is 0.289 e. The van der Waals surface area contributed by atoms with Gasteiger partial charge >= 0.3 is 0 Å². The third kappa shape index (κ3) is 3.24. The number of carbonyl (C=O) groups is 1. The highest BCUT2D eigenvalue weighted by Crippen LogP contribution is 2.24. The summed E-state index contributed by atoms with van der Waals surface area (Å²) in [4.78, 5) is 15.1. The zero-order valence-corrected chi connectivity index (χ0v) is 13.6. The van der Waals surface area contributed by atoms with Crippen molar-refractivity contribution in [2.24, 2.45) is 0 Å². The predicted octanol–water partition coefficient (Wildman–Crippen LogP) is 4.53. The van der Waals surface area contributed by atoms with Gasteiger partial charge in [0.2, 0.25) is 0 Å². The zero-order valence-electron chi connectivity index (χ0n) is 9.65. The van der Waals surface area contributed by atoms with Gasteiger partial charge in [0.25, 0.3) is 5.91 Å². The van der Waals surface area contributed by atoms with Gasteiger partial charge in [-0.3, -0.25) is 4.79 Å². The largest absolute Gasteiger partial charge is 0.444 e. The van der Waals surface area contributed by atoms with E-state index < -0.39 is 0 Å². The fourth-order valence-electron chi connectivity index (χ4n) is 1.54. The van der Waals surface area contributed by atoms with Crippen molar-refractivity contribution in [3.63, 3.8) is 0 Å². The van der Waals surface area contributed by atoms with Crippen LogP contribution in [0.5, 0.6) is 0 Å². The molecule has 0 radical (unpaired) electrons. The highest BCUT2D eigenvalue weighted by molar-refractivity contribution is 9.11. The van der Waals surface area contributed by atoms with E-state index in [0.717, 1.165) is 8.66 Å². The molecule has 0 N–H and O–H groups in total. The molecule has 2 heterocycles. The van der Waals surface area contributed by atoms with Crippen LogP contribution in [0.2, 0.25) is 0 Å². The summed E-state index contributed by atoms with van der Waals surface area (Å²) in [6.45, 7) is 3.20. The second-order valence-electron chi connectivity index (χ2n) is 3.63. The molecule has 1 amide bonds. The number of hydrogen-bond donors (Lipinski definition) is 0. The molecule has 2 rings (SSSR count). The normalized spacial score (nSPS) is 10.6. The number of furan rings is 1. The first kappa shape index (κ1) is 13.8. The topological polar surface area (TPSA) is 33.5 Å². The summed E-state index contributed by atoms with van der Waals surface area (Å²) >= 11 is 8.25. The highest BCUT2D eigenvalue weighted by atomic mass is 79.9. The Labute approximate surface area is 126 Å². The van der Waals surface area contributed by atoms with Crippen LogP contribution in [0.3, 0.4) is 0 Å². The van der Waals surface area contributed by atoms with Gasteiger partial charge in [0.15, 0.2) is 10.4 Å². The molecule has 0 unspecified atom stereocenters. The average Bonchev–Trinajstić information content (AvgIpc) is 2.94. The molecule has 0 aliphatic rings. The number of rotatable bonds is 4. The van der Waals surface area contributed by atoms with Gasteiger partial charge in [0.05, 0.1) is 10.3 Å². The summed E-state index contributed by atoms with van der Waals surface area (Å²) in [5.74, 6) is 0.270. The quantitative estimate of drug-likeness (QED) is 0.765. The number of thiophene rings is 1. The van der Waals surface area contributed by atoms with Gasteiger partial charge in [-0.2, -0.15) is 0 Å². The number of nitrogens with zero attached hydrogens (tertiary/aromatic N) is 1. The lowest BCUT2D eigenvalue weighted by molar-refractivity contribution is 0.0720. The maximum atomic E-state index is 12.2. The molecule has 2 aromatic rings. The second-order valence-corrected chi connectivity index (χ2v) is 6.96. The summed E-state index contributed by atoms with van der Waals surface area (Å²) in [6.07, 6.45) is 0. The molecule has 0 aromatic carbocycles. The Morgan fingerprint density at radius 2 is 2.11 bits per heavy atom. The molecular weight excluding hydrogens is 382 g/mol. The molecule has 0 fully saturated rings. The van der Waals surface area contributed by atoms with Crippen LogP contribution in [0.25, 0.3) is 0 Å². The monoisotopic (exact) mass is 391 g/mol. The van der Waals surface area contributed by atoms with Crippen LogP contribution in [0.4, 0.5) is 0 Å². The lowest BCUT2D eigenvalue weighted by Crippen LogP contribution is -2.29. The van der Waals surface area contributed by atoms with Crippen molar-refractivity contribution in [3.8, 4) is 0 Å². The Kier molecular flexibility index (Phi) is 4.64. The Balaban J connectivity index is 2.11. The Bertz CT molecular complexity index is 550. The molecule has 0 saturated heterocycles. The third-order valence-corrected chi connectivity index (χ3v) is 4.46. The molecule has 0 spiro atoms. The van der Waals surface area contributed by atoms with E-state index >= 15 is 0 Å². The summed E-state index contributed by atoms with van der Waals surface area (Å²) in [5.41, 5.74) is 0. The number of hydrogen-bond acceptors (Lipinski definition) is 3. The summed E-state index contributed by atoms with van der Waals surface area (Å²) < 4.78 is 6.93. The summed E-state index contributed by atoms with van der Waals surface area (Å²) in [5, 5.41) is 0. The fraction of sp³-hybridized carbons (Fsp3) is 0.250. The van der Waals surface area contributed by atoms with Crippen LogP contribution in [0.15, 0.2) is 37.1 Å². The van der Waals surface area contributed by atoms with Gasteiger partial charge in [-0.05, 0) is 63.0 Å². The first-order valence-electron chi connectivity index (χ1n) is 5.39. The maximum Gasteiger partial charge on any atom is 0.289 e. The van der Waals surface area contributed by atoms with E-state index in [0.29, 0.717) is 23.5 Å². The van der Waals surface area contributed by atoms with E-state index in [2.05, 4.69) is 31.9 Å². The standard InChI is InChI=1S/C12H11Br2NO2S/c1-2-15(7-8-3-6-11(14)18-8)12(16)9-4-5-10(13)17-9/h3-6H,2,7H2,1H3. The zero-order chi connectivity index (χ0) is 13.1. The van der Waals surface area contributed by atoms with Gasteiger partial charge in [-0.1, -0.05) is 0 Å². The van der Waals surface area contributed by atoms with Crippen LogP contribution >= 0.6 is 43.2 Å². The van der Waals surface area contributed by atoms with Crippen molar-refractivity contribution in [2.75, 3.05) is 6.54 Å². The average molecular weight is 393 g/mol. The molecule has 3 nitrogen and oxygen atoms in total. The Morgan fingerprint density at radius 1 is 1.33 bits per heavy atom. The van der Waals surface area contributed by atoms with Crippen molar-refractivity contribution < 1.29 is 9.21 Å². The van der Waals surface area contributed by atoms with Crippen molar-refractivity contribution in [3.05, 3.63) is 43.4 Å². The molecule has 6 heteroatoms. The minimum Gasteiger partial charge on any atom is -0.444 e. The van der Waals surface area contributed by atoms with Gasteiger partial charge in [-0.15, -0.1) is 11.3 Å². The van der Waals surface area contributed by atoms with Gasteiger partial charge in [0, 0.05) is 11.4 Å². The number of carbonyl (C=O) groups excluding carboxylic acids is 1. The Hall–Kier alpha value is -0.590. The molecular formula is C12H11Br2NO2S. The van der Waals surface area contributed by atoms with Gasteiger partial charge in [-0.25, -0.2) is 0 Å². The van der Waals surface area contributed by atoms with Crippen molar-refractivity contribution in [1.82, 2.24) is 4.90 Å². The minimum absolute atomic E-state index is 0.0901. The van der Waals surface area contributed by atoms with E-state index in [-0.39, 0.29) is 5.91 Å². The molecule has 18 heavy (non-hydrogen) atoms. The third-order valence-electron chi connectivity index (χ3n) is 2.43. The maximum absolute atomic E-state index is 12.2. The first-order valence-corrected chi connectivity index (χ1v) is 7.79.